The third kappa shape index (κ3) is 6.37. The summed E-state index contributed by atoms with van der Waals surface area (Å²) in [6, 6.07) is 2.42. The zero-order chi connectivity index (χ0) is 14.3. The largest absolute Gasteiger partial charge is 0.301 e. The molecule has 1 fully saturated rings. The topological polar surface area (TPSA) is 64.4 Å². The van der Waals surface area contributed by atoms with Crippen LogP contribution in [0.3, 0.4) is 0 Å². The standard InChI is InChI=1S/C13H25N3O2S/c1-3-5-13(12-14)16-9-7-15(8-10-16)6-4-11-19(2,17)18/h13H,3-11H2,1-2H3. The van der Waals surface area contributed by atoms with Gasteiger partial charge in [0, 0.05) is 32.4 Å². The molecule has 1 rings (SSSR count). The van der Waals surface area contributed by atoms with Crippen LogP contribution in [0.25, 0.3) is 0 Å². The van der Waals surface area contributed by atoms with Gasteiger partial charge in [-0.2, -0.15) is 5.26 Å². The van der Waals surface area contributed by atoms with Gasteiger partial charge in [-0.15, -0.1) is 0 Å². The maximum absolute atomic E-state index is 11.1. The maximum Gasteiger partial charge on any atom is 0.147 e. The Kier molecular flexibility index (Phi) is 6.76. The van der Waals surface area contributed by atoms with Crippen LogP contribution < -0.4 is 0 Å². The molecule has 1 aliphatic heterocycles. The third-order valence-corrected chi connectivity index (χ3v) is 4.58. The Morgan fingerprint density at radius 3 is 2.37 bits per heavy atom. The van der Waals surface area contributed by atoms with Crippen LogP contribution in [0.15, 0.2) is 0 Å². The fourth-order valence-electron chi connectivity index (χ4n) is 2.45. The highest BCUT2D eigenvalue weighted by Gasteiger charge is 2.22. The predicted molar refractivity (Wildman–Crippen MR) is 76.6 cm³/mol. The predicted octanol–water partition coefficient (Wildman–Crippen LogP) is 0.731. The van der Waals surface area contributed by atoms with E-state index >= 15 is 0 Å². The maximum atomic E-state index is 11.1. The molecule has 19 heavy (non-hydrogen) atoms. The van der Waals surface area contributed by atoms with Gasteiger partial charge in [-0.3, -0.25) is 4.90 Å². The molecule has 1 aliphatic rings. The minimum atomic E-state index is -2.84. The first-order chi connectivity index (χ1) is 8.96. The minimum absolute atomic E-state index is 0.0446. The van der Waals surface area contributed by atoms with E-state index in [9.17, 15) is 8.42 Å². The second kappa shape index (κ2) is 7.83. The van der Waals surface area contributed by atoms with Crippen LogP contribution >= 0.6 is 0 Å². The van der Waals surface area contributed by atoms with Crippen molar-refractivity contribution in [2.75, 3.05) is 44.7 Å². The molecule has 6 heteroatoms. The number of sulfone groups is 1. The Morgan fingerprint density at radius 1 is 1.26 bits per heavy atom. The van der Waals surface area contributed by atoms with Crippen molar-refractivity contribution in [3.63, 3.8) is 0 Å². The molecule has 0 bridgehead atoms. The van der Waals surface area contributed by atoms with Gasteiger partial charge in [-0.1, -0.05) is 13.3 Å². The van der Waals surface area contributed by atoms with E-state index in [0.717, 1.165) is 45.6 Å². The van der Waals surface area contributed by atoms with Crippen molar-refractivity contribution in [2.45, 2.75) is 32.2 Å². The molecule has 0 aromatic heterocycles. The van der Waals surface area contributed by atoms with Crippen molar-refractivity contribution in [1.82, 2.24) is 9.80 Å². The Morgan fingerprint density at radius 2 is 1.89 bits per heavy atom. The van der Waals surface area contributed by atoms with Crippen LogP contribution in [0.1, 0.15) is 26.2 Å². The highest BCUT2D eigenvalue weighted by Crippen LogP contribution is 2.10. The van der Waals surface area contributed by atoms with Crippen LogP contribution in [-0.2, 0) is 9.84 Å². The van der Waals surface area contributed by atoms with Crippen molar-refractivity contribution in [3.8, 4) is 6.07 Å². The fourth-order valence-corrected chi connectivity index (χ4v) is 3.10. The Balaban J connectivity index is 2.27. The van der Waals surface area contributed by atoms with Crippen molar-refractivity contribution in [3.05, 3.63) is 0 Å². The molecular weight excluding hydrogens is 262 g/mol. The van der Waals surface area contributed by atoms with E-state index < -0.39 is 9.84 Å². The van der Waals surface area contributed by atoms with E-state index in [1.165, 1.54) is 6.26 Å². The summed E-state index contributed by atoms with van der Waals surface area (Å²) in [5.74, 6) is 0.268. The summed E-state index contributed by atoms with van der Waals surface area (Å²) in [6.07, 6.45) is 3.96. The van der Waals surface area contributed by atoms with E-state index in [1.54, 1.807) is 0 Å². The van der Waals surface area contributed by atoms with Gasteiger partial charge in [0.1, 0.15) is 9.84 Å². The highest BCUT2D eigenvalue weighted by molar-refractivity contribution is 7.90. The Labute approximate surface area is 117 Å². The molecule has 0 radical (unpaired) electrons. The van der Waals surface area contributed by atoms with Crippen LogP contribution in [0.4, 0.5) is 0 Å². The van der Waals surface area contributed by atoms with Gasteiger partial charge in [0.05, 0.1) is 17.9 Å². The average molecular weight is 287 g/mol. The molecule has 0 aromatic carbocycles. The number of piperazine rings is 1. The van der Waals surface area contributed by atoms with Gasteiger partial charge >= 0.3 is 0 Å². The molecule has 1 saturated heterocycles. The van der Waals surface area contributed by atoms with Gasteiger partial charge in [-0.05, 0) is 19.4 Å². The normalized spacial score (nSPS) is 20.1. The van der Waals surface area contributed by atoms with E-state index in [1.807, 2.05) is 0 Å². The molecule has 110 valence electrons. The number of hydrogen-bond donors (Lipinski definition) is 0. The van der Waals surface area contributed by atoms with E-state index in [4.69, 9.17) is 5.26 Å². The molecule has 0 spiro atoms. The van der Waals surface area contributed by atoms with Gasteiger partial charge in [0.25, 0.3) is 0 Å². The fraction of sp³-hybridized carbons (Fsp3) is 0.923. The Hall–Kier alpha value is -0.640. The van der Waals surface area contributed by atoms with Crippen LogP contribution in [0.2, 0.25) is 0 Å². The van der Waals surface area contributed by atoms with Gasteiger partial charge in [-0.25, -0.2) is 8.42 Å². The summed E-state index contributed by atoms with van der Waals surface area (Å²) in [6.45, 7) is 6.64. The summed E-state index contributed by atoms with van der Waals surface area (Å²) >= 11 is 0. The summed E-state index contributed by atoms with van der Waals surface area (Å²) in [7, 11) is -2.84. The molecule has 1 atom stereocenters. The zero-order valence-electron chi connectivity index (χ0n) is 12.0. The lowest BCUT2D eigenvalue weighted by atomic mass is 10.1. The first-order valence-electron chi connectivity index (χ1n) is 7.00. The SMILES string of the molecule is CCCC(C#N)N1CCN(CCCS(C)(=O)=O)CC1. The van der Waals surface area contributed by atoms with Crippen LogP contribution in [-0.4, -0.2) is 69.0 Å². The quantitative estimate of drug-likeness (QED) is 0.691. The highest BCUT2D eigenvalue weighted by atomic mass is 32.2. The monoisotopic (exact) mass is 287 g/mol. The molecule has 5 nitrogen and oxygen atoms in total. The summed E-state index contributed by atoms with van der Waals surface area (Å²) in [4.78, 5) is 4.54. The van der Waals surface area contributed by atoms with Crippen molar-refractivity contribution in [1.29, 1.82) is 5.26 Å². The van der Waals surface area contributed by atoms with E-state index in [-0.39, 0.29) is 11.8 Å². The van der Waals surface area contributed by atoms with Crippen molar-refractivity contribution < 1.29 is 8.42 Å². The van der Waals surface area contributed by atoms with Gasteiger partial charge < -0.3 is 4.90 Å². The van der Waals surface area contributed by atoms with E-state index in [2.05, 4.69) is 22.8 Å². The summed E-state index contributed by atoms with van der Waals surface area (Å²) in [5.41, 5.74) is 0. The number of rotatable bonds is 7. The molecule has 1 unspecified atom stereocenters. The molecule has 0 amide bonds. The second-order valence-corrected chi connectivity index (χ2v) is 7.55. The Bertz CT molecular complexity index is 395. The zero-order valence-corrected chi connectivity index (χ0v) is 12.8. The van der Waals surface area contributed by atoms with Crippen LogP contribution in [0, 0.1) is 11.3 Å². The first kappa shape index (κ1) is 16.4. The first-order valence-corrected chi connectivity index (χ1v) is 9.06. The summed E-state index contributed by atoms with van der Waals surface area (Å²) in [5, 5.41) is 9.13. The van der Waals surface area contributed by atoms with Crippen molar-refractivity contribution >= 4 is 9.84 Å². The number of hydrogen-bond acceptors (Lipinski definition) is 5. The average Bonchev–Trinajstić information content (AvgIpc) is 2.35. The smallest absolute Gasteiger partial charge is 0.147 e. The minimum Gasteiger partial charge on any atom is -0.301 e. The van der Waals surface area contributed by atoms with Crippen molar-refractivity contribution in [2.24, 2.45) is 0 Å². The van der Waals surface area contributed by atoms with E-state index in [0.29, 0.717) is 6.42 Å². The van der Waals surface area contributed by atoms with Crippen LogP contribution in [0.5, 0.6) is 0 Å². The van der Waals surface area contributed by atoms with Gasteiger partial charge in [0.2, 0.25) is 0 Å². The lowest BCUT2D eigenvalue weighted by molar-refractivity contribution is 0.111. The summed E-state index contributed by atoms with van der Waals surface area (Å²) < 4.78 is 22.1. The molecule has 1 heterocycles. The second-order valence-electron chi connectivity index (χ2n) is 5.29. The molecule has 0 saturated carbocycles. The molecule has 0 N–H and O–H groups in total. The lowest BCUT2D eigenvalue weighted by Crippen LogP contribution is -2.50. The lowest BCUT2D eigenvalue weighted by Gasteiger charge is -2.36. The molecular formula is C13H25N3O2S. The molecule has 0 aliphatic carbocycles. The van der Waals surface area contributed by atoms with Gasteiger partial charge in [0.15, 0.2) is 0 Å². The molecule has 0 aromatic rings. The number of nitriles is 1. The third-order valence-electron chi connectivity index (χ3n) is 3.55. The number of nitrogens with zero attached hydrogens (tertiary/aromatic N) is 3.